The van der Waals surface area contributed by atoms with Gasteiger partial charge in [0.05, 0.1) is 11.1 Å². The van der Waals surface area contributed by atoms with Crippen molar-refractivity contribution >= 4 is 60.9 Å². The molecule has 0 bridgehead atoms. The molecule has 212 valence electrons. The molecule has 0 unspecified atom stereocenters. The van der Waals surface area contributed by atoms with Gasteiger partial charge in [-0.25, -0.2) is 4.98 Å². The number of nitrogens with zero attached hydrogens (tertiary/aromatic N) is 2. The highest BCUT2D eigenvalue weighted by Gasteiger charge is 2.21. The first kappa shape index (κ1) is 25.4. The van der Waals surface area contributed by atoms with E-state index in [1.807, 2.05) is 48.5 Å². The Morgan fingerprint density at radius 3 is 1.93 bits per heavy atom. The van der Waals surface area contributed by atoms with Gasteiger partial charge in [-0.15, -0.1) is 0 Å². The van der Waals surface area contributed by atoms with E-state index in [-0.39, 0.29) is 0 Å². The minimum Gasteiger partial charge on any atom is -0.456 e. The molecule has 0 atom stereocenters. The number of hydrogen-bond acceptors (Lipinski definition) is 4. The Balaban J connectivity index is 1.26. The summed E-state index contributed by atoms with van der Waals surface area (Å²) < 4.78 is 12.7. The summed E-state index contributed by atoms with van der Waals surface area (Å²) in [5.41, 5.74) is 9.52. The Bertz CT molecular complexity index is 2480. The first-order chi connectivity index (χ1) is 22.3. The van der Waals surface area contributed by atoms with Crippen LogP contribution in [0.5, 0.6) is 0 Å². The van der Waals surface area contributed by atoms with Gasteiger partial charge in [0.15, 0.2) is 5.58 Å². The molecule has 7 aromatic carbocycles. The van der Waals surface area contributed by atoms with Gasteiger partial charge < -0.3 is 13.7 Å². The third-order valence-corrected chi connectivity index (χ3v) is 8.47. The molecule has 0 N–H and O–H groups in total. The molecule has 9 rings (SSSR count). The number of fused-ring (bicyclic) bond motifs is 5. The maximum atomic E-state index is 6.47. The van der Waals surface area contributed by atoms with Gasteiger partial charge in [-0.05, 0) is 76.5 Å². The fourth-order valence-electron chi connectivity index (χ4n) is 6.30. The highest BCUT2D eigenvalue weighted by molar-refractivity contribution is 6.15. The normalized spacial score (nSPS) is 11.6. The zero-order chi connectivity index (χ0) is 29.7. The standard InChI is InChI=1S/C41H26N2O2/c1-3-10-27(11-4-1)29-18-21-32(22-19-29)43(33-23-20-28-12-7-8-15-31(28)24-33)36-16-9-17-37-40(36)34-25-35-39(26-38(34)44-37)45-41(42-35)30-13-5-2-6-14-30/h1-26H. The van der Waals surface area contributed by atoms with Crippen LogP contribution in [0.15, 0.2) is 167 Å². The molecular formula is C41H26N2O2. The molecule has 4 nitrogen and oxygen atoms in total. The molecule has 0 fully saturated rings. The van der Waals surface area contributed by atoms with Gasteiger partial charge in [0.1, 0.15) is 16.7 Å². The quantitative estimate of drug-likeness (QED) is 0.204. The van der Waals surface area contributed by atoms with Crippen LogP contribution in [0.25, 0.3) is 66.4 Å². The number of rotatable bonds is 5. The molecular weight excluding hydrogens is 552 g/mol. The molecule has 0 aliphatic heterocycles. The van der Waals surface area contributed by atoms with Crippen LogP contribution >= 0.6 is 0 Å². The molecule has 0 aliphatic carbocycles. The van der Waals surface area contributed by atoms with Gasteiger partial charge in [-0.3, -0.25) is 0 Å². The van der Waals surface area contributed by atoms with Crippen molar-refractivity contribution in [3.63, 3.8) is 0 Å². The third-order valence-electron chi connectivity index (χ3n) is 8.47. The van der Waals surface area contributed by atoms with Crippen molar-refractivity contribution in [2.24, 2.45) is 0 Å². The predicted octanol–water partition coefficient (Wildman–Crippen LogP) is 11.7. The summed E-state index contributed by atoms with van der Waals surface area (Å²) in [4.78, 5) is 7.18. The second-order valence-corrected chi connectivity index (χ2v) is 11.2. The van der Waals surface area contributed by atoms with E-state index in [4.69, 9.17) is 13.8 Å². The summed E-state index contributed by atoms with van der Waals surface area (Å²) >= 11 is 0. The number of benzene rings is 7. The van der Waals surface area contributed by atoms with Crippen LogP contribution in [0.4, 0.5) is 17.1 Å². The van der Waals surface area contributed by atoms with Crippen molar-refractivity contribution in [3.8, 4) is 22.6 Å². The van der Waals surface area contributed by atoms with E-state index in [9.17, 15) is 0 Å². The topological polar surface area (TPSA) is 42.4 Å². The van der Waals surface area contributed by atoms with Crippen molar-refractivity contribution in [3.05, 3.63) is 158 Å². The molecule has 0 spiro atoms. The van der Waals surface area contributed by atoms with Crippen LogP contribution in [-0.4, -0.2) is 4.98 Å². The highest BCUT2D eigenvalue weighted by atomic mass is 16.4. The van der Waals surface area contributed by atoms with E-state index >= 15 is 0 Å². The lowest BCUT2D eigenvalue weighted by molar-refractivity contribution is 0.617. The number of oxazole rings is 1. The summed E-state index contributed by atoms with van der Waals surface area (Å²) in [5, 5.41) is 4.41. The molecule has 2 heterocycles. The van der Waals surface area contributed by atoms with Gasteiger partial charge in [-0.2, -0.15) is 0 Å². The molecule has 0 aliphatic rings. The van der Waals surface area contributed by atoms with E-state index in [2.05, 4.69) is 114 Å². The number of hydrogen-bond donors (Lipinski definition) is 0. The maximum absolute atomic E-state index is 6.47. The van der Waals surface area contributed by atoms with Crippen LogP contribution in [-0.2, 0) is 0 Å². The second kappa shape index (κ2) is 10.2. The SMILES string of the molecule is c1ccc(-c2ccc(N(c3ccc4ccccc4c3)c3cccc4oc5cc6oc(-c7ccccc7)nc6cc5c34)cc2)cc1. The maximum Gasteiger partial charge on any atom is 0.227 e. The molecule has 45 heavy (non-hydrogen) atoms. The average molecular weight is 579 g/mol. The van der Waals surface area contributed by atoms with Crippen molar-refractivity contribution in [2.75, 3.05) is 4.90 Å². The summed E-state index contributed by atoms with van der Waals surface area (Å²) in [5.74, 6) is 0.596. The summed E-state index contributed by atoms with van der Waals surface area (Å²) in [6.45, 7) is 0. The van der Waals surface area contributed by atoms with Crippen molar-refractivity contribution in [2.45, 2.75) is 0 Å². The van der Waals surface area contributed by atoms with Gasteiger partial charge in [0.2, 0.25) is 5.89 Å². The third kappa shape index (κ3) is 4.35. The van der Waals surface area contributed by atoms with Crippen molar-refractivity contribution < 1.29 is 8.83 Å². The molecule has 9 aromatic rings. The smallest absolute Gasteiger partial charge is 0.227 e. The Labute approximate surface area is 259 Å². The fraction of sp³-hybridized carbons (Fsp3) is 0. The van der Waals surface area contributed by atoms with Crippen LogP contribution in [0.3, 0.4) is 0 Å². The Hall–Kier alpha value is -6.13. The molecule has 0 radical (unpaired) electrons. The van der Waals surface area contributed by atoms with E-state index in [0.717, 1.165) is 50.1 Å². The largest absolute Gasteiger partial charge is 0.456 e. The van der Waals surface area contributed by atoms with Crippen LogP contribution < -0.4 is 4.90 Å². The molecule has 0 amide bonds. The Morgan fingerprint density at radius 1 is 0.444 bits per heavy atom. The average Bonchev–Trinajstić information content (AvgIpc) is 3.69. The first-order valence-electron chi connectivity index (χ1n) is 15.0. The number of aromatic nitrogens is 1. The lowest BCUT2D eigenvalue weighted by Crippen LogP contribution is -2.10. The van der Waals surface area contributed by atoms with Crippen molar-refractivity contribution in [1.82, 2.24) is 4.98 Å². The van der Waals surface area contributed by atoms with E-state index in [1.54, 1.807) is 0 Å². The molecule has 0 saturated carbocycles. The predicted molar refractivity (Wildman–Crippen MR) is 184 cm³/mol. The second-order valence-electron chi connectivity index (χ2n) is 11.2. The van der Waals surface area contributed by atoms with E-state index in [1.165, 1.54) is 21.9 Å². The van der Waals surface area contributed by atoms with Crippen LogP contribution in [0.1, 0.15) is 0 Å². The summed E-state index contributed by atoms with van der Waals surface area (Å²) in [7, 11) is 0. The lowest BCUT2D eigenvalue weighted by atomic mass is 10.0. The van der Waals surface area contributed by atoms with Gasteiger partial charge >= 0.3 is 0 Å². The highest BCUT2D eigenvalue weighted by Crippen LogP contribution is 2.44. The van der Waals surface area contributed by atoms with Gasteiger partial charge in [0, 0.05) is 28.4 Å². The summed E-state index contributed by atoms with van der Waals surface area (Å²) in [6, 6.07) is 54.6. The molecule has 2 aromatic heterocycles. The van der Waals surface area contributed by atoms with Crippen LogP contribution in [0.2, 0.25) is 0 Å². The van der Waals surface area contributed by atoms with E-state index < -0.39 is 0 Å². The zero-order valence-electron chi connectivity index (χ0n) is 24.2. The Morgan fingerprint density at radius 2 is 1.13 bits per heavy atom. The number of furan rings is 1. The number of anilines is 3. The van der Waals surface area contributed by atoms with Crippen molar-refractivity contribution in [1.29, 1.82) is 0 Å². The zero-order valence-corrected chi connectivity index (χ0v) is 24.2. The van der Waals surface area contributed by atoms with E-state index in [0.29, 0.717) is 11.5 Å². The first-order valence-corrected chi connectivity index (χ1v) is 15.0. The minimum absolute atomic E-state index is 0.596. The summed E-state index contributed by atoms with van der Waals surface area (Å²) in [6.07, 6.45) is 0. The fourth-order valence-corrected chi connectivity index (χ4v) is 6.30. The van der Waals surface area contributed by atoms with Gasteiger partial charge in [0.25, 0.3) is 0 Å². The minimum atomic E-state index is 0.596. The Kier molecular flexibility index (Phi) is 5.78. The monoisotopic (exact) mass is 578 g/mol. The lowest BCUT2D eigenvalue weighted by Gasteiger charge is -2.27. The van der Waals surface area contributed by atoms with Gasteiger partial charge in [-0.1, -0.05) is 97.1 Å². The molecule has 0 saturated heterocycles. The van der Waals surface area contributed by atoms with Crippen LogP contribution in [0, 0.1) is 0 Å². The molecule has 4 heteroatoms.